The molecule has 0 spiro atoms. The van der Waals surface area contributed by atoms with Gasteiger partial charge in [0.15, 0.2) is 11.2 Å². The molecule has 0 amide bonds. The van der Waals surface area contributed by atoms with Crippen molar-refractivity contribution in [1.29, 1.82) is 0 Å². The van der Waals surface area contributed by atoms with Crippen molar-refractivity contribution in [3.8, 4) is 0 Å². The van der Waals surface area contributed by atoms with Gasteiger partial charge >= 0.3 is 0 Å². The van der Waals surface area contributed by atoms with E-state index in [0.717, 1.165) is 31.0 Å². The zero-order valence-electron chi connectivity index (χ0n) is 8.66. The smallest absolute Gasteiger partial charge is 0.204 e. The first-order valence-electron chi connectivity index (χ1n) is 5.21. The number of fused-ring (bicyclic) bond motifs is 1. The molecule has 78 valence electrons. The van der Waals surface area contributed by atoms with E-state index in [9.17, 15) is 0 Å². The number of hydrogen-bond donors (Lipinski definition) is 1. The van der Waals surface area contributed by atoms with Crippen molar-refractivity contribution in [1.82, 2.24) is 15.3 Å². The maximum absolute atomic E-state index is 5.74. The molecule has 4 heteroatoms. The van der Waals surface area contributed by atoms with Crippen LogP contribution >= 0.6 is 0 Å². The largest absolute Gasteiger partial charge is 0.438 e. The van der Waals surface area contributed by atoms with Gasteiger partial charge in [-0.3, -0.25) is 0 Å². The normalized spacial score (nSPS) is 26.2. The Labute approximate surface area is 87.7 Å². The Morgan fingerprint density at radius 3 is 3.20 bits per heavy atom. The molecule has 0 aliphatic carbocycles. The van der Waals surface area contributed by atoms with Gasteiger partial charge in [0.1, 0.15) is 0 Å². The number of nitrogens with zero attached hydrogens (tertiary/aromatic N) is 2. The SMILES string of the molecule is CC1(c2nc3ncccc3o2)CCNC1. The Hall–Kier alpha value is -1.42. The highest BCUT2D eigenvalue weighted by Gasteiger charge is 2.35. The molecule has 1 unspecified atom stereocenters. The minimum atomic E-state index is 0.0285. The Morgan fingerprint density at radius 2 is 2.47 bits per heavy atom. The molecule has 15 heavy (non-hydrogen) atoms. The molecule has 1 aliphatic heterocycles. The minimum Gasteiger partial charge on any atom is -0.438 e. The molecule has 0 saturated carbocycles. The Balaban J connectivity index is 2.11. The lowest BCUT2D eigenvalue weighted by molar-refractivity contribution is 0.382. The monoisotopic (exact) mass is 203 g/mol. The molecule has 3 rings (SSSR count). The number of rotatable bonds is 1. The predicted molar refractivity (Wildman–Crippen MR) is 56.6 cm³/mol. The van der Waals surface area contributed by atoms with Crippen LogP contribution in [0.25, 0.3) is 11.2 Å². The molecular weight excluding hydrogens is 190 g/mol. The van der Waals surface area contributed by atoms with E-state index in [1.54, 1.807) is 6.20 Å². The van der Waals surface area contributed by atoms with Crippen LogP contribution < -0.4 is 5.32 Å². The topological polar surface area (TPSA) is 51.0 Å². The lowest BCUT2D eigenvalue weighted by Crippen LogP contribution is -2.25. The van der Waals surface area contributed by atoms with Gasteiger partial charge in [-0.05, 0) is 32.0 Å². The maximum atomic E-state index is 5.74. The molecule has 0 bridgehead atoms. The van der Waals surface area contributed by atoms with Crippen LogP contribution in [0.3, 0.4) is 0 Å². The van der Waals surface area contributed by atoms with E-state index in [-0.39, 0.29) is 5.41 Å². The summed E-state index contributed by atoms with van der Waals surface area (Å²) < 4.78 is 5.74. The average molecular weight is 203 g/mol. The van der Waals surface area contributed by atoms with Gasteiger partial charge in [0.2, 0.25) is 5.89 Å². The maximum Gasteiger partial charge on any atom is 0.204 e. The van der Waals surface area contributed by atoms with Crippen LogP contribution in [0.2, 0.25) is 0 Å². The summed E-state index contributed by atoms with van der Waals surface area (Å²) in [5.74, 6) is 0.807. The average Bonchev–Trinajstić information content (AvgIpc) is 2.84. The van der Waals surface area contributed by atoms with Crippen LogP contribution in [-0.4, -0.2) is 23.1 Å². The van der Waals surface area contributed by atoms with Crippen LogP contribution in [0.5, 0.6) is 0 Å². The first-order valence-corrected chi connectivity index (χ1v) is 5.21. The van der Waals surface area contributed by atoms with Crippen LogP contribution in [0.15, 0.2) is 22.7 Å². The molecule has 0 aromatic carbocycles. The zero-order valence-corrected chi connectivity index (χ0v) is 8.66. The van der Waals surface area contributed by atoms with E-state index in [0.29, 0.717) is 5.65 Å². The fraction of sp³-hybridized carbons (Fsp3) is 0.455. The van der Waals surface area contributed by atoms with Crippen molar-refractivity contribution in [2.24, 2.45) is 0 Å². The van der Waals surface area contributed by atoms with Gasteiger partial charge < -0.3 is 9.73 Å². The third-order valence-electron chi connectivity index (χ3n) is 3.05. The van der Waals surface area contributed by atoms with Gasteiger partial charge in [-0.2, -0.15) is 4.98 Å². The standard InChI is InChI=1S/C11H13N3O/c1-11(4-6-12-7-11)10-14-9-8(15-10)3-2-5-13-9/h2-3,5,12H,4,6-7H2,1H3. The number of pyridine rings is 1. The molecule has 3 heterocycles. The van der Waals surface area contributed by atoms with E-state index in [4.69, 9.17) is 4.42 Å². The van der Waals surface area contributed by atoms with Gasteiger partial charge in [-0.15, -0.1) is 0 Å². The second-order valence-electron chi connectivity index (χ2n) is 4.33. The Morgan fingerprint density at radius 1 is 1.53 bits per heavy atom. The van der Waals surface area contributed by atoms with Crippen molar-refractivity contribution < 1.29 is 4.42 Å². The van der Waals surface area contributed by atoms with Gasteiger partial charge in [0.25, 0.3) is 0 Å². The third kappa shape index (κ3) is 1.33. The fourth-order valence-electron chi connectivity index (χ4n) is 2.03. The highest BCUT2D eigenvalue weighted by atomic mass is 16.3. The van der Waals surface area contributed by atoms with E-state index >= 15 is 0 Å². The van der Waals surface area contributed by atoms with Crippen molar-refractivity contribution in [3.63, 3.8) is 0 Å². The van der Waals surface area contributed by atoms with E-state index < -0.39 is 0 Å². The number of aromatic nitrogens is 2. The molecule has 1 saturated heterocycles. The quantitative estimate of drug-likeness (QED) is 0.762. The first-order chi connectivity index (χ1) is 7.28. The van der Waals surface area contributed by atoms with Gasteiger partial charge in [-0.25, -0.2) is 4.98 Å². The summed E-state index contributed by atoms with van der Waals surface area (Å²) in [5, 5.41) is 3.34. The predicted octanol–water partition coefficient (Wildman–Crippen LogP) is 1.47. The van der Waals surface area contributed by atoms with Crippen LogP contribution in [0.4, 0.5) is 0 Å². The van der Waals surface area contributed by atoms with Crippen LogP contribution in [0, 0.1) is 0 Å². The molecule has 1 N–H and O–H groups in total. The highest BCUT2D eigenvalue weighted by molar-refractivity contribution is 5.67. The summed E-state index contributed by atoms with van der Waals surface area (Å²) in [6.07, 6.45) is 2.81. The second-order valence-corrected chi connectivity index (χ2v) is 4.33. The lowest BCUT2D eigenvalue weighted by atomic mass is 9.90. The lowest BCUT2D eigenvalue weighted by Gasteiger charge is -2.16. The van der Waals surface area contributed by atoms with Crippen LogP contribution in [-0.2, 0) is 5.41 Å². The molecular formula is C11H13N3O. The molecule has 0 radical (unpaired) electrons. The summed E-state index contributed by atoms with van der Waals surface area (Å²) in [4.78, 5) is 8.63. The van der Waals surface area contributed by atoms with Gasteiger partial charge in [0, 0.05) is 12.7 Å². The molecule has 2 aromatic rings. The number of nitrogens with one attached hydrogen (secondary N) is 1. The van der Waals surface area contributed by atoms with E-state index in [1.165, 1.54) is 0 Å². The summed E-state index contributed by atoms with van der Waals surface area (Å²) in [5.41, 5.74) is 1.52. The van der Waals surface area contributed by atoms with Crippen molar-refractivity contribution in [2.75, 3.05) is 13.1 Å². The van der Waals surface area contributed by atoms with E-state index in [2.05, 4.69) is 22.2 Å². The molecule has 1 aliphatic rings. The van der Waals surface area contributed by atoms with Crippen LogP contribution in [0.1, 0.15) is 19.2 Å². The molecule has 4 nitrogen and oxygen atoms in total. The first kappa shape index (κ1) is 8.85. The number of hydrogen-bond acceptors (Lipinski definition) is 4. The summed E-state index contributed by atoms with van der Waals surface area (Å²) >= 11 is 0. The Bertz CT molecular complexity index is 452. The molecule has 2 aromatic heterocycles. The minimum absolute atomic E-state index is 0.0285. The second kappa shape index (κ2) is 3.03. The number of oxazole rings is 1. The van der Waals surface area contributed by atoms with Crippen molar-refractivity contribution >= 4 is 11.2 Å². The van der Waals surface area contributed by atoms with Gasteiger partial charge in [0.05, 0.1) is 5.41 Å². The summed E-state index contributed by atoms with van der Waals surface area (Å²) in [6, 6.07) is 3.77. The molecule has 1 atom stereocenters. The molecule has 1 fully saturated rings. The third-order valence-corrected chi connectivity index (χ3v) is 3.05. The zero-order chi connectivity index (χ0) is 10.3. The highest BCUT2D eigenvalue weighted by Crippen LogP contribution is 2.30. The van der Waals surface area contributed by atoms with Crippen molar-refractivity contribution in [3.05, 3.63) is 24.2 Å². The van der Waals surface area contributed by atoms with Gasteiger partial charge in [-0.1, -0.05) is 0 Å². The Kier molecular flexibility index (Phi) is 1.79. The summed E-state index contributed by atoms with van der Waals surface area (Å²) in [7, 11) is 0. The van der Waals surface area contributed by atoms with E-state index in [1.807, 2.05) is 12.1 Å². The summed E-state index contributed by atoms with van der Waals surface area (Å²) in [6.45, 7) is 4.14. The fourth-order valence-corrected chi connectivity index (χ4v) is 2.03. The van der Waals surface area contributed by atoms with Crippen molar-refractivity contribution in [2.45, 2.75) is 18.8 Å².